The number of ether oxygens (including phenoxy) is 1. The molecule has 1 saturated heterocycles. The third-order valence-corrected chi connectivity index (χ3v) is 5.23. The summed E-state index contributed by atoms with van der Waals surface area (Å²) >= 11 is 0. The van der Waals surface area contributed by atoms with Crippen molar-refractivity contribution in [1.29, 1.82) is 0 Å². The van der Waals surface area contributed by atoms with Gasteiger partial charge in [0.1, 0.15) is 0 Å². The van der Waals surface area contributed by atoms with Crippen molar-refractivity contribution in [3.8, 4) is 11.1 Å². The Balaban J connectivity index is 0.00000280. The molecule has 150 valence electrons. The number of hydrogen-bond acceptors (Lipinski definition) is 4. The van der Waals surface area contributed by atoms with E-state index in [-0.39, 0.29) is 30.3 Å². The van der Waals surface area contributed by atoms with Crippen molar-refractivity contribution in [3.05, 3.63) is 59.2 Å². The average Bonchev–Trinajstić information content (AvgIpc) is 2.72. The van der Waals surface area contributed by atoms with Gasteiger partial charge in [0.2, 0.25) is 0 Å². The fourth-order valence-electron chi connectivity index (χ4n) is 3.73. The molecule has 1 aliphatic heterocycles. The van der Waals surface area contributed by atoms with Gasteiger partial charge >= 0.3 is 5.97 Å². The van der Waals surface area contributed by atoms with Crippen LogP contribution >= 0.6 is 12.4 Å². The molecule has 5 nitrogen and oxygen atoms in total. The molecule has 0 aliphatic carbocycles. The van der Waals surface area contributed by atoms with Crippen LogP contribution in [-0.4, -0.2) is 43.0 Å². The number of aryl methyl sites for hydroxylation is 1. The lowest BCUT2D eigenvalue weighted by Gasteiger charge is -2.35. The zero-order chi connectivity index (χ0) is 19.4. The number of carbonyl (C=O) groups excluding carboxylic acids is 2. The topological polar surface area (TPSA) is 72.6 Å². The predicted octanol–water partition coefficient (Wildman–Crippen LogP) is 3.82. The van der Waals surface area contributed by atoms with Crippen LogP contribution in [0.3, 0.4) is 0 Å². The highest BCUT2D eigenvalue weighted by Crippen LogP contribution is 2.27. The van der Waals surface area contributed by atoms with Crippen molar-refractivity contribution < 1.29 is 14.3 Å². The minimum atomic E-state index is -0.355. The summed E-state index contributed by atoms with van der Waals surface area (Å²) in [5, 5.41) is 0. The van der Waals surface area contributed by atoms with Gasteiger partial charge in [-0.05, 0) is 67.1 Å². The highest BCUT2D eigenvalue weighted by Gasteiger charge is 2.26. The molecule has 3 rings (SSSR count). The highest BCUT2D eigenvalue weighted by molar-refractivity contribution is 5.96. The van der Waals surface area contributed by atoms with Crippen LogP contribution in [0.5, 0.6) is 0 Å². The standard InChI is InChI=1S/C22H26N2O3.ClH/c1-15-12-18(22(26)27-2)9-10-20(15)16-6-5-7-17(13-16)21(25)24-11-4-3-8-19(24)14-23;/h5-7,9-10,12-13,19H,3-4,8,11,14,23H2,1-2H3;1H. The van der Waals surface area contributed by atoms with Crippen LogP contribution < -0.4 is 5.73 Å². The van der Waals surface area contributed by atoms with Crippen molar-refractivity contribution in [3.63, 3.8) is 0 Å². The molecule has 1 unspecified atom stereocenters. The number of piperidine rings is 1. The Hall–Kier alpha value is -2.37. The van der Waals surface area contributed by atoms with Gasteiger partial charge in [-0.3, -0.25) is 4.79 Å². The molecule has 0 radical (unpaired) electrons. The molecule has 2 N–H and O–H groups in total. The van der Waals surface area contributed by atoms with E-state index in [2.05, 4.69) is 0 Å². The zero-order valence-corrected chi connectivity index (χ0v) is 17.1. The first-order chi connectivity index (χ1) is 13.0. The molecule has 0 spiro atoms. The number of amides is 1. The van der Waals surface area contributed by atoms with Crippen LogP contribution in [0.15, 0.2) is 42.5 Å². The first-order valence-electron chi connectivity index (χ1n) is 9.35. The molecule has 0 bridgehead atoms. The molecule has 1 amide bonds. The molecule has 1 aliphatic rings. The van der Waals surface area contributed by atoms with E-state index in [4.69, 9.17) is 10.5 Å². The molecular weight excluding hydrogens is 376 g/mol. The summed E-state index contributed by atoms with van der Waals surface area (Å²) in [6.07, 6.45) is 3.11. The van der Waals surface area contributed by atoms with Crippen molar-refractivity contribution in [2.24, 2.45) is 5.73 Å². The number of esters is 1. The van der Waals surface area contributed by atoms with Gasteiger partial charge in [-0.2, -0.15) is 0 Å². The van der Waals surface area contributed by atoms with Crippen LogP contribution in [-0.2, 0) is 4.74 Å². The zero-order valence-electron chi connectivity index (χ0n) is 16.3. The van der Waals surface area contributed by atoms with E-state index in [9.17, 15) is 9.59 Å². The first kappa shape index (κ1) is 21.9. The van der Waals surface area contributed by atoms with Gasteiger partial charge in [0.25, 0.3) is 5.91 Å². The van der Waals surface area contributed by atoms with Crippen molar-refractivity contribution in [1.82, 2.24) is 4.90 Å². The molecule has 2 aromatic carbocycles. The van der Waals surface area contributed by atoms with Crippen LogP contribution in [0, 0.1) is 6.92 Å². The third-order valence-electron chi connectivity index (χ3n) is 5.23. The Bertz CT molecular complexity index is 853. The van der Waals surface area contributed by atoms with E-state index in [0.29, 0.717) is 17.7 Å². The van der Waals surface area contributed by atoms with Gasteiger partial charge in [-0.1, -0.05) is 18.2 Å². The normalized spacial score (nSPS) is 16.2. The predicted molar refractivity (Wildman–Crippen MR) is 113 cm³/mol. The van der Waals surface area contributed by atoms with Crippen LogP contribution in [0.1, 0.15) is 45.5 Å². The van der Waals surface area contributed by atoms with E-state index in [1.165, 1.54) is 7.11 Å². The summed E-state index contributed by atoms with van der Waals surface area (Å²) in [6.45, 7) is 3.21. The minimum absolute atomic E-state index is 0. The number of methoxy groups -OCH3 is 1. The van der Waals surface area contributed by atoms with Gasteiger partial charge in [0, 0.05) is 24.7 Å². The number of nitrogens with zero attached hydrogens (tertiary/aromatic N) is 1. The van der Waals surface area contributed by atoms with Gasteiger partial charge in [-0.15, -0.1) is 12.4 Å². The Morgan fingerprint density at radius 1 is 1.14 bits per heavy atom. The Labute approximate surface area is 172 Å². The maximum Gasteiger partial charge on any atom is 0.337 e. The highest BCUT2D eigenvalue weighted by atomic mass is 35.5. The quantitative estimate of drug-likeness (QED) is 0.789. The molecule has 1 fully saturated rings. The van der Waals surface area contributed by atoms with Crippen molar-refractivity contribution in [2.45, 2.75) is 32.2 Å². The first-order valence-corrected chi connectivity index (χ1v) is 9.35. The van der Waals surface area contributed by atoms with Gasteiger partial charge < -0.3 is 15.4 Å². The monoisotopic (exact) mass is 402 g/mol. The summed E-state index contributed by atoms with van der Waals surface area (Å²) in [5.41, 5.74) is 9.96. The van der Waals surface area contributed by atoms with Crippen molar-refractivity contribution in [2.75, 3.05) is 20.2 Å². The minimum Gasteiger partial charge on any atom is -0.465 e. The largest absolute Gasteiger partial charge is 0.465 e. The molecule has 1 atom stereocenters. The number of rotatable bonds is 4. The molecule has 2 aromatic rings. The summed E-state index contributed by atoms with van der Waals surface area (Å²) in [7, 11) is 1.37. The number of hydrogen-bond donors (Lipinski definition) is 1. The number of likely N-dealkylation sites (tertiary alicyclic amines) is 1. The summed E-state index contributed by atoms with van der Waals surface area (Å²) in [6, 6.07) is 13.2. The smallest absolute Gasteiger partial charge is 0.337 e. The molecule has 1 heterocycles. The summed E-state index contributed by atoms with van der Waals surface area (Å²) in [5.74, 6) is -0.317. The summed E-state index contributed by atoms with van der Waals surface area (Å²) in [4.78, 5) is 26.7. The molecular formula is C22H27ClN2O3. The van der Waals surface area contributed by atoms with E-state index >= 15 is 0 Å². The lowest BCUT2D eigenvalue weighted by Crippen LogP contribution is -2.47. The van der Waals surface area contributed by atoms with Crippen LogP contribution in [0.4, 0.5) is 0 Å². The molecule has 28 heavy (non-hydrogen) atoms. The second-order valence-electron chi connectivity index (χ2n) is 6.99. The fraction of sp³-hybridized carbons (Fsp3) is 0.364. The maximum atomic E-state index is 13.0. The van der Waals surface area contributed by atoms with Gasteiger partial charge in [-0.25, -0.2) is 4.79 Å². The number of carbonyl (C=O) groups is 2. The van der Waals surface area contributed by atoms with E-state index in [0.717, 1.165) is 42.5 Å². The van der Waals surface area contributed by atoms with Gasteiger partial charge in [0.15, 0.2) is 0 Å². The number of halogens is 1. The second-order valence-corrected chi connectivity index (χ2v) is 6.99. The van der Waals surface area contributed by atoms with E-state index < -0.39 is 0 Å². The number of benzene rings is 2. The van der Waals surface area contributed by atoms with E-state index in [1.54, 1.807) is 6.07 Å². The van der Waals surface area contributed by atoms with Gasteiger partial charge in [0.05, 0.1) is 12.7 Å². The Morgan fingerprint density at radius 2 is 1.93 bits per heavy atom. The molecule has 0 saturated carbocycles. The van der Waals surface area contributed by atoms with Crippen LogP contribution in [0.2, 0.25) is 0 Å². The van der Waals surface area contributed by atoms with Crippen LogP contribution in [0.25, 0.3) is 11.1 Å². The third kappa shape index (κ3) is 4.54. The SMILES string of the molecule is COC(=O)c1ccc(-c2cccc(C(=O)N3CCCCC3CN)c2)c(C)c1.Cl. The number of nitrogens with two attached hydrogens (primary N) is 1. The lowest BCUT2D eigenvalue weighted by atomic mass is 9.96. The Morgan fingerprint density at radius 3 is 2.61 bits per heavy atom. The lowest BCUT2D eigenvalue weighted by molar-refractivity contribution is 0.0598. The maximum absolute atomic E-state index is 13.0. The Kier molecular flexibility index (Phi) is 7.61. The van der Waals surface area contributed by atoms with Crippen molar-refractivity contribution >= 4 is 24.3 Å². The summed E-state index contributed by atoms with van der Waals surface area (Å²) < 4.78 is 4.78. The average molecular weight is 403 g/mol. The molecule has 6 heteroatoms. The fourth-order valence-corrected chi connectivity index (χ4v) is 3.73. The molecule has 0 aromatic heterocycles. The van der Waals surface area contributed by atoms with E-state index in [1.807, 2.05) is 48.2 Å². The second kappa shape index (κ2) is 9.71.